The Bertz CT molecular complexity index is 535. The van der Waals surface area contributed by atoms with E-state index < -0.39 is 0 Å². The third-order valence-corrected chi connectivity index (χ3v) is 3.66. The number of phenolic OH excluding ortho intramolecular Hbond substituents is 1. The Hall–Kier alpha value is -1.50. The van der Waals surface area contributed by atoms with E-state index in [1.54, 1.807) is 6.07 Å². The minimum absolute atomic E-state index is 0.222. The molecule has 0 saturated carbocycles. The van der Waals surface area contributed by atoms with Gasteiger partial charge in [-0.15, -0.1) is 0 Å². The third kappa shape index (κ3) is 2.28. The van der Waals surface area contributed by atoms with E-state index in [9.17, 15) is 5.11 Å². The molecule has 0 aliphatic carbocycles. The van der Waals surface area contributed by atoms with Gasteiger partial charge in [0.25, 0.3) is 0 Å². The second kappa shape index (κ2) is 4.06. The maximum Gasteiger partial charge on any atom is 0.116 e. The van der Waals surface area contributed by atoms with Crippen LogP contribution in [0.4, 0.5) is 0 Å². The van der Waals surface area contributed by atoms with E-state index >= 15 is 0 Å². The molecule has 0 fully saturated rings. The van der Waals surface area contributed by atoms with Crippen molar-refractivity contribution in [3.05, 3.63) is 42.0 Å². The fourth-order valence-electron chi connectivity index (χ4n) is 2.13. The number of aromatic hydroxyl groups is 1. The molecule has 1 atom stereocenters. The normalized spacial score (nSPS) is 13.9. The van der Waals surface area contributed by atoms with Crippen molar-refractivity contribution in [2.75, 3.05) is 0 Å². The van der Waals surface area contributed by atoms with Gasteiger partial charge in [0.1, 0.15) is 5.75 Å². The molecule has 0 heterocycles. The first kappa shape index (κ1) is 12.0. The minimum atomic E-state index is 0.222. The predicted molar refractivity (Wildman–Crippen MR) is 73.5 cm³/mol. The lowest BCUT2D eigenvalue weighted by molar-refractivity contribution is 0.341. The molecular formula is C16H20O. The first-order chi connectivity index (χ1) is 7.89. The highest BCUT2D eigenvalue weighted by Gasteiger charge is 2.23. The highest BCUT2D eigenvalue weighted by molar-refractivity contribution is 5.87. The zero-order valence-electron chi connectivity index (χ0n) is 11.0. The van der Waals surface area contributed by atoms with Crippen molar-refractivity contribution in [2.45, 2.75) is 33.6 Å². The summed E-state index contributed by atoms with van der Waals surface area (Å²) in [4.78, 5) is 0. The molecule has 2 rings (SSSR count). The van der Waals surface area contributed by atoms with Crippen LogP contribution in [0.3, 0.4) is 0 Å². The van der Waals surface area contributed by atoms with Gasteiger partial charge in [-0.05, 0) is 39.8 Å². The molecule has 0 bridgehead atoms. The zero-order chi connectivity index (χ0) is 12.6. The lowest BCUT2D eigenvalue weighted by atomic mass is 9.76. The predicted octanol–water partition coefficient (Wildman–Crippen LogP) is 4.70. The van der Waals surface area contributed by atoms with Gasteiger partial charge in [0, 0.05) is 0 Å². The maximum absolute atomic E-state index is 9.64. The van der Waals surface area contributed by atoms with E-state index in [1.807, 2.05) is 12.1 Å². The van der Waals surface area contributed by atoms with Crippen LogP contribution < -0.4 is 0 Å². The maximum atomic E-state index is 9.64. The number of phenols is 1. The molecule has 0 radical (unpaired) electrons. The molecule has 0 aromatic heterocycles. The van der Waals surface area contributed by atoms with Gasteiger partial charge in [0.05, 0.1) is 0 Å². The van der Waals surface area contributed by atoms with Crippen molar-refractivity contribution in [2.24, 2.45) is 5.41 Å². The summed E-state index contributed by atoms with van der Waals surface area (Å²) in [6, 6.07) is 11.9. The zero-order valence-corrected chi connectivity index (χ0v) is 11.0. The number of hydrogen-bond acceptors (Lipinski definition) is 1. The Morgan fingerprint density at radius 2 is 1.76 bits per heavy atom. The first-order valence-corrected chi connectivity index (χ1v) is 6.11. The van der Waals surface area contributed by atoms with E-state index in [0.29, 0.717) is 11.7 Å². The van der Waals surface area contributed by atoms with Crippen LogP contribution in [-0.2, 0) is 0 Å². The van der Waals surface area contributed by atoms with Gasteiger partial charge >= 0.3 is 0 Å². The Morgan fingerprint density at radius 3 is 2.41 bits per heavy atom. The standard InChI is InChI=1S/C16H20O/c1-11(16(2,3)4)14-7-5-6-12-8-9-13(17)10-15(12)14/h5-11,17H,1-4H3. The van der Waals surface area contributed by atoms with Crippen molar-refractivity contribution >= 4 is 10.8 Å². The van der Waals surface area contributed by atoms with Gasteiger partial charge < -0.3 is 5.11 Å². The monoisotopic (exact) mass is 228 g/mol. The van der Waals surface area contributed by atoms with Gasteiger partial charge in [-0.1, -0.05) is 52.0 Å². The lowest BCUT2D eigenvalue weighted by Crippen LogP contribution is -2.15. The summed E-state index contributed by atoms with van der Waals surface area (Å²) in [7, 11) is 0. The smallest absolute Gasteiger partial charge is 0.116 e. The van der Waals surface area contributed by atoms with Crippen molar-refractivity contribution < 1.29 is 5.11 Å². The Kier molecular flexibility index (Phi) is 2.86. The fraction of sp³-hybridized carbons (Fsp3) is 0.375. The van der Waals surface area contributed by atoms with Crippen LogP contribution in [0.2, 0.25) is 0 Å². The van der Waals surface area contributed by atoms with Crippen LogP contribution in [-0.4, -0.2) is 5.11 Å². The number of benzene rings is 2. The Labute approximate surface area is 103 Å². The molecule has 0 spiro atoms. The first-order valence-electron chi connectivity index (χ1n) is 6.11. The summed E-state index contributed by atoms with van der Waals surface area (Å²) >= 11 is 0. The largest absolute Gasteiger partial charge is 0.508 e. The van der Waals surface area contributed by atoms with Crippen LogP contribution >= 0.6 is 0 Å². The van der Waals surface area contributed by atoms with Gasteiger partial charge in [-0.25, -0.2) is 0 Å². The number of hydrogen-bond donors (Lipinski definition) is 1. The van der Waals surface area contributed by atoms with Crippen molar-refractivity contribution in [3.8, 4) is 5.75 Å². The van der Waals surface area contributed by atoms with Crippen LogP contribution in [0.25, 0.3) is 10.8 Å². The molecule has 1 unspecified atom stereocenters. The van der Waals surface area contributed by atoms with Gasteiger partial charge in [0.15, 0.2) is 0 Å². The minimum Gasteiger partial charge on any atom is -0.508 e. The summed E-state index contributed by atoms with van der Waals surface area (Å²) < 4.78 is 0. The molecular weight excluding hydrogens is 208 g/mol. The summed E-state index contributed by atoms with van der Waals surface area (Å²) in [5, 5.41) is 12.0. The van der Waals surface area contributed by atoms with Gasteiger partial charge in [0.2, 0.25) is 0 Å². The topological polar surface area (TPSA) is 20.2 Å². The summed E-state index contributed by atoms with van der Waals surface area (Å²) in [5.41, 5.74) is 1.53. The second-order valence-electron chi connectivity index (χ2n) is 5.84. The molecule has 0 aliphatic heterocycles. The Balaban J connectivity index is 2.65. The molecule has 0 aliphatic rings. The highest BCUT2D eigenvalue weighted by atomic mass is 16.3. The molecule has 90 valence electrons. The average Bonchev–Trinajstić information content (AvgIpc) is 2.26. The Morgan fingerprint density at radius 1 is 1.06 bits per heavy atom. The molecule has 0 saturated heterocycles. The second-order valence-corrected chi connectivity index (χ2v) is 5.84. The highest BCUT2D eigenvalue weighted by Crippen LogP contribution is 2.38. The van der Waals surface area contributed by atoms with Crippen LogP contribution in [0.5, 0.6) is 5.75 Å². The van der Waals surface area contributed by atoms with Crippen molar-refractivity contribution in [3.63, 3.8) is 0 Å². The van der Waals surface area contributed by atoms with Crippen LogP contribution in [0, 0.1) is 5.41 Å². The molecule has 17 heavy (non-hydrogen) atoms. The molecule has 1 N–H and O–H groups in total. The van der Waals surface area contributed by atoms with Crippen molar-refractivity contribution in [1.29, 1.82) is 0 Å². The van der Waals surface area contributed by atoms with E-state index in [-0.39, 0.29) is 5.41 Å². The van der Waals surface area contributed by atoms with Crippen LogP contribution in [0.1, 0.15) is 39.2 Å². The van der Waals surface area contributed by atoms with Gasteiger partial charge in [-0.3, -0.25) is 0 Å². The van der Waals surface area contributed by atoms with E-state index in [0.717, 1.165) is 5.39 Å². The quantitative estimate of drug-likeness (QED) is 0.750. The number of fused-ring (bicyclic) bond motifs is 1. The summed E-state index contributed by atoms with van der Waals surface area (Å²) in [5.74, 6) is 0.791. The lowest BCUT2D eigenvalue weighted by Gasteiger charge is -2.28. The third-order valence-electron chi connectivity index (χ3n) is 3.66. The molecule has 0 amide bonds. The summed E-state index contributed by atoms with van der Waals surface area (Å²) in [6.07, 6.45) is 0. The van der Waals surface area contributed by atoms with E-state index in [1.165, 1.54) is 10.9 Å². The van der Waals surface area contributed by atoms with Gasteiger partial charge in [-0.2, -0.15) is 0 Å². The van der Waals surface area contributed by atoms with E-state index in [2.05, 4.69) is 45.9 Å². The molecule has 1 heteroatoms. The molecule has 2 aromatic carbocycles. The van der Waals surface area contributed by atoms with Crippen LogP contribution in [0.15, 0.2) is 36.4 Å². The van der Waals surface area contributed by atoms with Crippen molar-refractivity contribution in [1.82, 2.24) is 0 Å². The molecule has 1 nitrogen and oxygen atoms in total. The SMILES string of the molecule is CC(c1cccc2ccc(O)cc12)C(C)(C)C. The van der Waals surface area contributed by atoms with E-state index in [4.69, 9.17) is 0 Å². The summed E-state index contributed by atoms with van der Waals surface area (Å²) in [6.45, 7) is 9.00. The average molecular weight is 228 g/mol. The molecule has 2 aromatic rings. The number of rotatable bonds is 1. The fourth-order valence-corrected chi connectivity index (χ4v) is 2.13.